The summed E-state index contributed by atoms with van der Waals surface area (Å²) in [6.45, 7) is 5.12. The van der Waals surface area contributed by atoms with E-state index in [9.17, 15) is 0 Å². The molecule has 0 N–H and O–H groups in total. The Morgan fingerprint density at radius 2 is 1.82 bits per heavy atom. The molecule has 0 spiro atoms. The molecule has 4 aromatic rings. The second-order valence-electron chi connectivity index (χ2n) is 11.4. The van der Waals surface area contributed by atoms with Crippen molar-refractivity contribution < 1.29 is 4.74 Å². The summed E-state index contributed by atoms with van der Waals surface area (Å²) in [7, 11) is 1.63. The highest BCUT2D eigenvalue weighted by molar-refractivity contribution is 6.31. The summed E-state index contributed by atoms with van der Waals surface area (Å²) < 4.78 is 9.59. The highest BCUT2D eigenvalue weighted by Crippen LogP contribution is 2.41. The van der Waals surface area contributed by atoms with Crippen molar-refractivity contribution in [1.82, 2.24) is 29.3 Å². The van der Waals surface area contributed by atoms with E-state index >= 15 is 0 Å². The van der Waals surface area contributed by atoms with Gasteiger partial charge in [0.05, 0.1) is 19.1 Å². The van der Waals surface area contributed by atoms with Crippen LogP contribution in [0.25, 0.3) is 17.2 Å². The fourth-order valence-corrected chi connectivity index (χ4v) is 5.96. The van der Waals surface area contributed by atoms with Crippen LogP contribution in [-0.4, -0.2) is 49.5 Å². The van der Waals surface area contributed by atoms with E-state index in [1.807, 2.05) is 34.5 Å². The minimum atomic E-state index is 0.103. The first kappa shape index (κ1) is 24.6. The second kappa shape index (κ2) is 9.97. The van der Waals surface area contributed by atoms with Crippen molar-refractivity contribution in [3.63, 3.8) is 0 Å². The number of aromatic nitrogens is 6. The number of rotatable bonds is 9. The van der Waals surface area contributed by atoms with E-state index in [2.05, 4.69) is 28.1 Å². The Morgan fingerprint density at radius 1 is 1.03 bits per heavy atom. The molecule has 202 valence electrons. The number of anilines is 1. The van der Waals surface area contributed by atoms with Gasteiger partial charge < -0.3 is 14.2 Å². The van der Waals surface area contributed by atoms with Crippen molar-refractivity contribution in [2.75, 3.05) is 25.1 Å². The van der Waals surface area contributed by atoms with Crippen LogP contribution in [0.2, 0.25) is 5.02 Å². The lowest BCUT2D eigenvalue weighted by Gasteiger charge is -2.28. The van der Waals surface area contributed by atoms with Crippen LogP contribution in [0.4, 0.5) is 5.69 Å². The van der Waals surface area contributed by atoms with Crippen LogP contribution < -0.4 is 9.64 Å². The molecule has 2 aliphatic carbocycles. The van der Waals surface area contributed by atoms with Crippen molar-refractivity contribution in [3.8, 4) is 23.1 Å². The molecule has 0 radical (unpaired) electrons. The van der Waals surface area contributed by atoms with Crippen LogP contribution in [0.5, 0.6) is 5.88 Å². The molecular formula is C30H34ClN7O. The molecule has 0 saturated heterocycles. The molecule has 0 bridgehead atoms. The van der Waals surface area contributed by atoms with E-state index in [0.717, 1.165) is 72.1 Å². The predicted octanol–water partition coefficient (Wildman–Crippen LogP) is 6.05. The fraction of sp³-hybridized carbons (Fsp3) is 0.467. The van der Waals surface area contributed by atoms with E-state index in [-0.39, 0.29) is 5.92 Å². The van der Waals surface area contributed by atoms with Crippen molar-refractivity contribution in [2.24, 2.45) is 11.8 Å². The molecule has 0 unspecified atom stereocenters. The first-order valence-electron chi connectivity index (χ1n) is 14.1. The minimum Gasteiger partial charge on any atom is -0.479 e. The summed E-state index contributed by atoms with van der Waals surface area (Å²) in [5.41, 5.74) is 4.90. The zero-order valence-corrected chi connectivity index (χ0v) is 23.3. The summed E-state index contributed by atoms with van der Waals surface area (Å²) in [4.78, 5) is 16.7. The van der Waals surface area contributed by atoms with Crippen molar-refractivity contribution in [1.29, 1.82) is 0 Å². The molecule has 39 heavy (non-hydrogen) atoms. The largest absolute Gasteiger partial charge is 0.479 e. The Bertz CT molecular complexity index is 1490. The molecule has 2 saturated carbocycles. The zero-order valence-electron chi connectivity index (χ0n) is 22.6. The van der Waals surface area contributed by atoms with E-state index < -0.39 is 0 Å². The topological polar surface area (TPSA) is 73.9 Å². The second-order valence-corrected chi connectivity index (χ2v) is 11.8. The summed E-state index contributed by atoms with van der Waals surface area (Å²) >= 11 is 6.87. The Kier molecular flexibility index (Phi) is 6.30. The molecule has 1 aromatic carbocycles. The van der Waals surface area contributed by atoms with Crippen LogP contribution in [0.1, 0.15) is 61.5 Å². The maximum atomic E-state index is 6.87. The number of methoxy groups -OCH3 is 1. The lowest BCUT2D eigenvalue weighted by atomic mass is 9.90. The molecule has 1 aliphatic heterocycles. The maximum absolute atomic E-state index is 6.87. The Balaban J connectivity index is 1.21. The molecular weight excluding hydrogens is 510 g/mol. The third kappa shape index (κ3) is 5.02. The number of nitrogens with zero attached hydrogens (tertiary/aromatic N) is 7. The Morgan fingerprint density at radius 3 is 2.51 bits per heavy atom. The monoisotopic (exact) mass is 543 g/mol. The molecule has 4 heterocycles. The number of imidazole rings is 1. The normalized spacial score (nSPS) is 18.7. The average molecular weight is 544 g/mol. The van der Waals surface area contributed by atoms with Gasteiger partial charge in [-0.25, -0.2) is 19.6 Å². The van der Waals surface area contributed by atoms with Gasteiger partial charge in [-0.15, -0.1) is 5.10 Å². The van der Waals surface area contributed by atoms with Gasteiger partial charge in [-0.1, -0.05) is 11.6 Å². The van der Waals surface area contributed by atoms with Crippen LogP contribution in [0.3, 0.4) is 0 Å². The molecule has 3 aliphatic rings. The summed E-state index contributed by atoms with van der Waals surface area (Å²) in [5, 5.41) is 5.68. The summed E-state index contributed by atoms with van der Waals surface area (Å²) in [6, 6.07) is 10.5. The smallest absolute Gasteiger partial charge is 0.238 e. The van der Waals surface area contributed by atoms with Crippen molar-refractivity contribution in [2.45, 2.75) is 57.9 Å². The van der Waals surface area contributed by atoms with Gasteiger partial charge in [-0.2, -0.15) is 0 Å². The lowest BCUT2D eigenvalue weighted by molar-refractivity contribution is 0.396. The van der Waals surface area contributed by atoms with Crippen molar-refractivity contribution >= 4 is 17.3 Å². The van der Waals surface area contributed by atoms with Crippen LogP contribution in [0.15, 0.2) is 42.9 Å². The number of fused-ring (bicyclic) bond motifs is 1. The molecule has 8 nitrogen and oxygen atoms in total. The lowest BCUT2D eigenvalue weighted by Crippen LogP contribution is -2.28. The number of pyridine rings is 1. The van der Waals surface area contributed by atoms with Gasteiger partial charge in [0.2, 0.25) is 5.88 Å². The fourth-order valence-electron chi connectivity index (χ4n) is 5.72. The van der Waals surface area contributed by atoms with Gasteiger partial charge in [0, 0.05) is 42.5 Å². The third-order valence-electron chi connectivity index (χ3n) is 8.20. The Labute approximate surface area is 234 Å². The van der Waals surface area contributed by atoms with Gasteiger partial charge in [-0.3, -0.25) is 0 Å². The number of aryl methyl sites for hydroxylation is 2. The van der Waals surface area contributed by atoms with E-state index in [0.29, 0.717) is 17.4 Å². The molecule has 7 rings (SSSR count). The Hall–Kier alpha value is -3.39. The predicted molar refractivity (Wildman–Crippen MR) is 152 cm³/mol. The summed E-state index contributed by atoms with van der Waals surface area (Å²) in [6.07, 6.45) is 11.2. The molecule has 0 amide bonds. The molecule has 2 fully saturated rings. The zero-order chi connectivity index (χ0) is 26.5. The quantitative estimate of drug-likeness (QED) is 0.256. The van der Waals surface area contributed by atoms with Gasteiger partial charge >= 0.3 is 0 Å². The first-order valence-corrected chi connectivity index (χ1v) is 14.5. The number of halogens is 1. The molecule has 9 heteroatoms. The van der Waals surface area contributed by atoms with Gasteiger partial charge in [0.1, 0.15) is 17.2 Å². The maximum Gasteiger partial charge on any atom is 0.238 e. The first-order chi connectivity index (χ1) is 19.1. The van der Waals surface area contributed by atoms with Gasteiger partial charge in [-0.05, 0) is 93.2 Å². The van der Waals surface area contributed by atoms with Crippen LogP contribution in [0, 0.1) is 18.8 Å². The van der Waals surface area contributed by atoms with Gasteiger partial charge in [0.25, 0.3) is 0 Å². The van der Waals surface area contributed by atoms with E-state index in [1.54, 1.807) is 13.4 Å². The van der Waals surface area contributed by atoms with Crippen molar-refractivity contribution in [3.05, 3.63) is 65.0 Å². The molecule has 3 aromatic heterocycles. The van der Waals surface area contributed by atoms with E-state index in [4.69, 9.17) is 31.4 Å². The SMILES string of the molecule is COc1nc(-c2nc3n(n2)CCC[C@@H]3c2cc(N(CC3CC3)CC3CC3)ccc2Cl)ccc1-n1cnc(C)c1. The highest BCUT2D eigenvalue weighted by atomic mass is 35.5. The summed E-state index contributed by atoms with van der Waals surface area (Å²) in [5.74, 6) is 3.87. The standard InChI is InChI=1S/C30H34ClN7O/c1-19-15-37(18-32-19)27-12-11-26(33-30(27)39-2)28-34-29-23(4-3-13-38(29)35-28)24-14-22(9-10-25(24)31)36(16-20-5-6-20)17-21-7-8-21/h9-12,14-15,18,20-21,23H,3-8,13,16-17H2,1-2H3/t23-/m1/s1. The van der Waals surface area contributed by atoms with Crippen LogP contribution >= 0.6 is 11.6 Å². The van der Waals surface area contributed by atoms with Crippen LogP contribution in [-0.2, 0) is 6.54 Å². The number of hydrogen-bond acceptors (Lipinski definition) is 6. The average Bonchev–Trinajstić information content (AvgIpc) is 3.87. The molecule has 1 atom stereocenters. The number of ether oxygens (including phenoxy) is 1. The number of hydrogen-bond donors (Lipinski definition) is 0. The number of benzene rings is 1. The third-order valence-corrected chi connectivity index (χ3v) is 8.54. The minimum absolute atomic E-state index is 0.103. The van der Waals surface area contributed by atoms with E-state index in [1.165, 1.54) is 31.4 Å². The van der Waals surface area contributed by atoms with Gasteiger partial charge in [0.15, 0.2) is 5.82 Å². The highest BCUT2D eigenvalue weighted by Gasteiger charge is 2.32.